The molecular formula is C23H28F3N6O2P. The van der Waals surface area contributed by atoms with Gasteiger partial charge < -0.3 is 25.9 Å². The number of hydrogen-bond acceptors (Lipinski definition) is 6. The van der Waals surface area contributed by atoms with E-state index in [-0.39, 0.29) is 47.2 Å². The fourth-order valence-corrected chi connectivity index (χ4v) is 6.00. The molecule has 8 nitrogen and oxygen atoms in total. The van der Waals surface area contributed by atoms with E-state index in [0.717, 1.165) is 31.9 Å². The lowest BCUT2D eigenvalue weighted by atomic mass is 10.0. The van der Waals surface area contributed by atoms with Crippen LogP contribution in [0.5, 0.6) is 0 Å². The van der Waals surface area contributed by atoms with Gasteiger partial charge in [0.1, 0.15) is 12.7 Å². The van der Waals surface area contributed by atoms with Gasteiger partial charge in [-0.2, -0.15) is 13.2 Å². The fourth-order valence-electron chi connectivity index (χ4n) is 4.52. The van der Waals surface area contributed by atoms with Gasteiger partial charge in [-0.15, -0.1) is 0 Å². The van der Waals surface area contributed by atoms with Gasteiger partial charge >= 0.3 is 6.18 Å². The first-order chi connectivity index (χ1) is 16.5. The molecule has 0 unspecified atom stereocenters. The molecule has 1 amide bonds. The normalized spacial score (nSPS) is 15.0. The van der Waals surface area contributed by atoms with Gasteiger partial charge in [-0.1, -0.05) is 18.9 Å². The Kier molecular flexibility index (Phi) is 6.92. The van der Waals surface area contributed by atoms with Crippen LogP contribution >= 0.6 is 7.14 Å². The maximum absolute atomic E-state index is 13.9. The molecule has 0 atom stereocenters. The number of rotatable bonds is 7. The molecule has 1 saturated carbocycles. The van der Waals surface area contributed by atoms with E-state index in [9.17, 15) is 22.5 Å². The predicted octanol–water partition coefficient (Wildman–Crippen LogP) is 3.93. The maximum Gasteiger partial charge on any atom is 0.419 e. The second kappa shape index (κ2) is 9.62. The zero-order valence-corrected chi connectivity index (χ0v) is 20.4. The molecule has 0 aliphatic heterocycles. The van der Waals surface area contributed by atoms with Gasteiger partial charge in [-0.3, -0.25) is 4.79 Å². The number of nitrogens with zero attached hydrogens (tertiary/aromatic N) is 2. The molecule has 0 bridgehead atoms. The largest absolute Gasteiger partial charge is 0.419 e. The molecule has 1 fully saturated rings. The highest BCUT2D eigenvalue weighted by Crippen LogP contribution is 2.43. The third-order valence-electron chi connectivity index (χ3n) is 6.08. The number of benzene rings is 1. The van der Waals surface area contributed by atoms with Crippen LogP contribution in [0.1, 0.15) is 41.6 Å². The number of fused-ring (bicyclic) bond motifs is 1. The minimum atomic E-state index is -4.68. The van der Waals surface area contributed by atoms with Crippen LogP contribution in [0.3, 0.4) is 0 Å². The molecule has 188 valence electrons. The van der Waals surface area contributed by atoms with Gasteiger partial charge in [0, 0.05) is 47.8 Å². The van der Waals surface area contributed by atoms with Crippen molar-refractivity contribution in [2.75, 3.05) is 31.7 Å². The average molecular weight is 508 g/mol. The maximum atomic E-state index is 13.9. The Hall–Kier alpha value is -2.91. The van der Waals surface area contributed by atoms with E-state index in [1.165, 1.54) is 25.6 Å². The summed E-state index contributed by atoms with van der Waals surface area (Å²) in [5.41, 5.74) is 4.92. The van der Waals surface area contributed by atoms with Crippen molar-refractivity contribution in [3.8, 4) is 11.3 Å². The molecule has 35 heavy (non-hydrogen) atoms. The molecule has 1 aliphatic rings. The number of carbonyl (C=O) groups is 1. The summed E-state index contributed by atoms with van der Waals surface area (Å²) in [5.74, 6) is -0.322. The molecule has 2 heterocycles. The van der Waals surface area contributed by atoms with Gasteiger partial charge in [0.05, 0.1) is 16.8 Å². The van der Waals surface area contributed by atoms with Gasteiger partial charge in [0.2, 0.25) is 5.95 Å². The van der Waals surface area contributed by atoms with E-state index < -0.39 is 24.8 Å². The van der Waals surface area contributed by atoms with Crippen molar-refractivity contribution in [1.29, 1.82) is 0 Å². The minimum absolute atomic E-state index is 0.120. The Balaban J connectivity index is 1.88. The molecule has 5 N–H and O–H groups in total. The van der Waals surface area contributed by atoms with Crippen molar-refractivity contribution in [2.45, 2.75) is 37.9 Å². The molecule has 12 heteroatoms. The number of amides is 1. The summed E-state index contributed by atoms with van der Waals surface area (Å²) in [4.78, 5) is 23.8. The van der Waals surface area contributed by atoms with Crippen molar-refractivity contribution in [2.24, 2.45) is 5.73 Å². The van der Waals surface area contributed by atoms with E-state index in [1.807, 2.05) is 0 Å². The zero-order chi connectivity index (χ0) is 25.4. The second-order valence-electron chi connectivity index (χ2n) is 9.06. The van der Waals surface area contributed by atoms with Crippen LogP contribution in [-0.4, -0.2) is 53.3 Å². The molecule has 0 saturated heterocycles. The van der Waals surface area contributed by atoms with Gasteiger partial charge in [-0.05, 0) is 32.2 Å². The first-order valence-corrected chi connectivity index (χ1v) is 14.0. The minimum Gasteiger partial charge on any atom is -0.360 e. The topological polar surface area (TPSA) is 126 Å². The lowest BCUT2D eigenvalue weighted by molar-refractivity contribution is -0.137. The Morgan fingerprint density at radius 3 is 2.60 bits per heavy atom. The number of carbonyl (C=O) groups excluding carboxylic acids is 1. The Morgan fingerprint density at radius 2 is 1.97 bits per heavy atom. The molecule has 1 aliphatic carbocycles. The SMILES string of the molecule is CP(C)(=O)c1c(C(=O)NCCN)ccc2c(-c3nc(NC4CCCC4)ncc3C(F)(F)F)c[nH]c12. The summed E-state index contributed by atoms with van der Waals surface area (Å²) >= 11 is 0. The van der Waals surface area contributed by atoms with Crippen LogP contribution in [0.15, 0.2) is 24.5 Å². The van der Waals surface area contributed by atoms with E-state index in [2.05, 4.69) is 25.6 Å². The zero-order valence-electron chi connectivity index (χ0n) is 19.5. The first kappa shape index (κ1) is 25.2. The number of nitrogens with two attached hydrogens (primary N) is 1. The van der Waals surface area contributed by atoms with Gasteiger partial charge in [0.25, 0.3) is 5.91 Å². The molecule has 0 spiro atoms. The lowest BCUT2D eigenvalue weighted by Crippen LogP contribution is -2.32. The Morgan fingerprint density at radius 1 is 1.26 bits per heavy atom. The van der Waals surface area contributed by atoms with E-state index >= 15 is 0 Å². The summed E-state index contributed by atoms with van der Waals surface area (Å²) in [5, 5.41) is 6.45. The summed E-state index contributed by atoms with van der Waals surface area (Å²) in [6.07, 6.45) is 1.43. The van der Waals surface area contributed by atoms with E-state index in [0.29, 0.717) is 10.9 Å². The van der Waals surface area contributed by atoms with Crippen molar-refractivity contribution >= 4 is 35.2 Å². The molecule has 0 radical (unpaired) electrons. The number of anilines is 1. The standard InChI is InChI=1S/C23H28F3N6O2P/c1-35(2,34)20-15(21(33)28-10-9-27)8-7-14-16(11-29-19(14)20)18-17(23(24,25)26)12-30-22(32-18)31-13-5-3-4-6-13/h7-8,11-13,29H,3-6,9-10,27H2,1-2H3,(H,28,33)(H,30,31,32). The predicted molar refractivity (Wildman–Crippen MR) is 131 cm³/mol. The number of aromatic amines is 1. The van der Waals surface area contributed by atoms with Gasteiger partial charge in [0.15, 0.2) is 0 Å². The lowest BCUT2D eigenvalue weighted by Gasteiger charge is -2.17. The highest BCUT2D eigenvalue weighted by atomic mass is 31.2. The fraction of sp³-hybridized carbons (Fsp3) is 0.435. The number of nitrogens with one attached hydrogen (secondary N) is 3. The van der Waals surface area contributed by atoms with E-state index in [1.54, 1.807) is 6.07 Å². The summed E-state index contributed by atoms with van der Waals surface area (Å²) in [7, 11) is -3.03. The highest BCUT2D eigenvalue weighted by Gasteiger charge is 2.37. The first-order valence-electron chi connectivity index (χ1n) is 11.4. The molecule has 4 rings (SSSR count). The van der Waals surface area contributed by atoms with Crippen LogP contribution in [0.25, 0.3) is 22.2 Å². The van der Waals surface area contributed by atoms with Crippen molar-refractivity contribution in [3.63, 3.8) is 0 Å². The third kappa shape index (κ3) is 5.21. The quantitative estimate of drug-likeness (QED) is 0.359. The number of aromatic nitrogens is 3. The van der Waals surface area contributed by atoms with Crippen LogP contribution in [-0.2, 0) is 10.7 Å². The average Bonchev–Trinajstić information content (AvgIpc) is 3.45. The number of halogens is 3. The van der Waals surface area contributed by atoms with Crippen molar-refractivity contribution in [3.05, 3.63) is 35.7 Å². The smallest absolute Gasteiger partial charge is 0.360 e. The molecule has 2 aromatic heterocycles. The third-order valence-corrected chi connectivity index (χ3v) is 7.62. The van der Waals surface area contributed by atoms with Crippen molar-refractivity contribution in [1.82, 2.24) is 20.3 Å². The second-order valence-corrected chi connectivity index (χ2v) is 12.2. The molecular weight excluding hydrogens is 480 g/mol. The summed E-state index contributed by atoms with van der Waals surface area (Å²) in [6, 6.07) is 3.14. The van der Waals surface area contributed by atoms with Crippen molar-refractivity contribution < 1.29 is 22.5 Å². The highest BCUT2D eigenvalue weighted by molar-refractivity contribution is 7.70. The van der Waals surface area contributed by atoms with Crippen LogP contribution in [0.4, 0.5) is 19.1 Å². The molecule has 3 aromatic rings. The number of alkyl halides is 3. The van der Waals surface area contributed by atoms with Crippen LogP contribution in [0.2, 0.25) is 0 Å². The number of hydrogen-bond donors (Lipinski definition) is 4. The summed E-state index contributed by atoms with van der Waals surface area (Å²) in [6.45, 7) is 3.49. The monoisotopic (exact) mass is 508 g/mol. The van der Waals surface area contributed by atoms with Crippen LogP contribution in [0, 0.1) is 0 Å². The Bertz CT molecular complexity index is 1290. The Labute approximate surface area is 200 Å². The number of H-pyrrole nitrogens is 1. The molecule has 1 aromatic carbocycles. The van der Waals surface area contributed by atoms with E-state index in [4.69, 9.17) is 5.73 Å². The van der Waals surface area contributed by atoms with Crippen LogP contribution < -0.4 is 21.7 Å². The summed E-state index contributed by atoms with van der Waals surface area (Å²) < 4.78 is 55.0. The van der Waals surface area contributed by atoms with Gasteiger partial charge in [-0.25, -0.2) is 9.97 Å².